The number of rotatable bonds is 4. The van der Waals surface area contributed by atoms with Crippen molar-refractivity contribution in [2.75, 3.05) is 23.3 Å². The zero-order chi connectivity index (χ0) is 18.8. The average molecular weight is 380 g/mol. The van der Waals surface area contributed by atoms with Gasteiger partial charge in [0.1, 0.15) is 5.65 Å². The second-order valence-electron chi connectivity index (χ2n) is 6.76. The average Bonchev–Trinajstić information content (AvgIpc) is 2.97. The number of aromatic nitrogens is 2. The molecule has 3 rings (SSSR count). The predicted octanol–water partition coefficient (Wildman–Crippen LogP) is 3.05. The number of piperidine rings is 1. The van der Waals surface area contributed by atoms with Gasteiger partial charge >= 0.3 is 6.09 Å². The van der Waals surface area contributed by atoms with E-state index in [1.54, 1.807) is 12.4 Å². The molecule has 8 nitrogen and oxygen atoms in total. The molecule has 1 saturated heterocycles. The van der Waals surface area contributed by atoms with Crippen LogP contribution >= 0.6 is 11.6 Å². The number of anilines is 2. The first-order valence-corrected chi connectivity index (χ1v) is 8.95. The summed E-state index contributed by atoms with van der Waals surface area (Å²) in [6.45, 7) is 4.90. The predicted molar refractivity (Wildman–Crippen MR) is 101 cm³/mol. The first kappa shape index (κ1) is 18.3. The molecule has 0 aliphatic carbocycles. The van der Waals surface area contributed by atoms with E-state index in [0.717, 1.165) is 30.5 Å². The normalized spacial score (nSPS) is 17.5. The van der Waals surface area contributed by atoms with Gasteiger partial charge in [0.2, 0.25) is 5.91 Å². The number of nitrogens with one attached hydrogen (secondary N) is 3. The SMILES string of the molecule is CC(C)C(=O)Nc1c[nH]c2ncc(Cl)c(N3CCC[C@@H](NC(=O)O)C3)c12. The van der Waals surface area contributed by atoms with Crippen LogP contribution in [0.25, 0.3) is 11.0 Å². The fourth-order valence-corrected chi connectivity index (χ4v) is 3.48. The Morgan fingerprint density at radius 2 is 2.23 bits per heavy atom. The molecule has 1 fully saturated rings. The van der Waals surface area contributed by atoms with Crippen LogP contribution < -0.4 is 15.5 Å². The van der Waals surface area contributed by atoms with Gasteiger partial charge in [-0.25, -0.2) is 9.78 Å². The molecule has 0 bridgehead atoms. The lowest BCUT2D eigenvalue weighted by Gasteiger charge is -2.35. The van der Waals surface area contributed by atoms with Crippen molar-refractivity contribution in [3.05, 3.63) is 17.4 Å². The molecule has 2 aromatic heterocycles. The number of carbonyl (C=O) groups excluding carboxylic acids is 1. The first-order chi connectivity index (χ1) is 12.4. The molecule has 1 aliphatic heterocycles. The zero-order valence-corrected chi connectivity index (χ0v) is 15.4. The molecule has 1 aliphatic rings. The van der Waals surface area contributed by atoms with Crippen molar-refractivity contribution in [3.8, 4) is 0 Å². The summed E-state index contributed by atoms with van der Waals surface area (Å²) in [5.74, 6) is -0.254. The number of pyridine rings is 1. The number of halogens is 1. The van der Waals surface area contributed by atoms with Crippen LogP contribution in [0.2, 0.25) is 5.02 Å². The third-order valence-electron chi connectivity index (χ3n) is 4.48. The van der Waals surface area contributed by atoms with Crippen molar-refractivity contribution >= 4 is 46.0 Å². The van der Waals surface area contributed by atoms with Crippen molar-refractivity contribution in [1.82, 2.24) is 15.3 Å². The Morgan fingerprint density at radius 1 is 1.46 bits per heavy atom. The number of carboxylic acid groups (broad SMARTS) is 1. The van der Waals surface area contributed by atoms with Crippen LogP contribution in [-0.2, 0) is 4.79 Å². The van der Waals surface area contributed by atoms with Crippen molar-refractivity contribution in [3.63, 3.8) is 0 Å². The van der Waals surface area contributed by atoms with E-state index in [2.05, 4.69) is 25.5 Å². The van der Waals surface area contributed by atoms with Crippen molar-refractivity contribution in [2.24, 2.45) is 5.92 Å². The van der Waals surface area contributed by atoms with Gasteiger partial charge in [-0.1, -0.05) is 25.4 Å². The minimum absolute atomic E-state index is 0.0964. The van der Waals surface area contributed by atoms with Crippen molar-refractivity contribution < 1.29 is 14.7 Å². The summed E-state index contributed by atoms with van der Waals surface area (Å²) in [5, 5.41) is 15.6. The maximum Gasteiger partial charge on any atom is 0.404 e. The van der Waals surface area contributed by atoms with Crippen LogP contribution in [0.1, 0.15) is 26.7 Å². The molecule has 0 aromatic carbocycles. The molecule has 1 atom stereocenters. The van der Waals surface area contributed by atoms with Crippen LogP contribution in [-0.4, -0.2) is 46.2 Å². The highest BCUT2D eigenvalue weighted by atomic mass is 35.5. The van der Waals surface area contributed by atoms with Gasteiger partial charge in [-0.05, 0) is 12.8 Å². The number of carbonyl (C=O) groups is 2. The lowest BCUT2D eigenvalue weighted by atomic mass is 10.0. The van der Waals surface area contributed by atoms with Crippen molar-refractivity contribution in [2.45, 2.75) is 32.7 Å². The molecule has 0 unspecified atom stereocenters. The van der Waals surface area contributed by atoms with Crippen LogP contribution in [0.4, 0.5) is 16.2 Å². The Morgan fingerprint density at radius 3 is 2.92 bits per heavy atom. The molecule has 0 radical (unpaired) electrons. The fraction of sp³-hybridized carbons (Fsp3) is 0.471. The summed E-state index contributed by atoms with van der Waals surface area (Å²) in [5.41, 5.74) is 2.00. The van der Waals surface area contributed by atoms with E-state index in [9.17, 15) is 9.59 Å². The van der Waals surface area contributed by atoms with Crippen LogP contribution in [0.15, 0.2) is 12.4 Å². The number of aromatic amines is 1. The minimum atomic E-state index is -1.03. The highest BCUT2D eigenvalue weighted by molar-refractivity contribution is 6.35. The Hall–Kier alpha value is -2.48. The lowest BCUT2D eigenvalue weighted by Crippen LogP contribution is -2.47. The monoisotopic (exact) mass is 379 g/mol. The number of hydrogen-bond acceptors (Lipinski definition) is 4. The fourth-order valence-electron chi connectivity index (χ4n) is 3.21. The Bertz CT molecular complexity index is 835. The zero-order valence-electron chi connectivity index (χ0n) is 14.7. The van der Waals surface area contributed by atoms with Gasteiger partial charge in [-0.2, -0.15) is 0 Å². The van der Waals surface area contributed by atoms with Crippen molar-refractivity contribution in [1.29, 1.82) is 0 Å². The van der Waals surface area contributed by atoms with Gasteiger partial charge in [0.15, 0.2) is 0 Å². The van der Waals surface area contributed by atoms with E-state index >= 15 is 0 Å². The summed E-state index contributed by atoms with van der Waals surface area (Å²) < 4.78 is 0. The van der Waals surface area contributed by atoms with Gasteiger partial charge < -0.3 is 25.6 Å². The Kier molecular flexibility index (Phi) is 5.22. The molecule has 26 heavy (non-hydrogen) atoms. The molecule has 9 heteroatoms. The summed E-state index contributed by atoms with van der Waals surface area (Å²) in [4.78, 5) is 32.5. The molecule has 2 aromatic rings. The maximum absolute atomic E-state index is 12.1. The third kappa shape index (κ3) is 3.70. The van der Waals surface area contributed by atoms with E-state index in [1.807, 2.05) is 13.8 Å². The molecule has 140 valence electrons. The smallest absolute Gasteiger partial charge is 0.404 e. The van der Waals surface area contributed by atoms with E-state index in [1.165, 1.54) is 0 Å². The van der Waals surface area contributed by atoms with Gasteiger partial charge in [-0.15, -0.1) is 0 Å². The summed E-state index contributed by atoms with van der Waals surface area (Å²) in [7, 11) is 0. The van der Waals surface area contributed by atoms with Crippen LogP contribution in [0.3, 0.4) is 0 Å². The van der Waals surface area contributed by atoms with E-state index in [-0.39, 0.29) is 17.9 Å². The number of amides is 2. The van der Waals surface area contributed by atoms with Crippen LogP contribution in [0, 0.1) is 5.92 Å². The maximum atomic E-state index is 12.1. The quantitative estimate of drug-likeness (QED) is 0.652. The summed E-state index contributed by atoms with van der Waals surface area (Å²) in [6.07, 6.45) is 3.85. The number of fused-ring (bicyclic) bond motifs is 1. The van der Waals surface area contributed by atoms with E-state index in [0.29, 0.717) is 22.9 Å². The Balaban J connectivity index is 1.98. The molecule has 3 heterocycles. The van der Waals surface area contributed by atoms with Gasteiger partial charge in [0.05, 0.1) is 28.0 Å². The van der Waals surface area contributed by atoms with Gasteiger partial charge in [-0.3, -0.25) is 4.79 Å². The summed E-state index contributed by atoms with van der Waals surface area (Å²) in [6, 6.07) is -0.173. The molecule has 4 N–H and O–H groups in total. The third-order valence-corrected chi connectivity index (χ3v) is 4.75. The topological polar surface area (TPSA) is 110 Å². The number of nitrogens with zero attached hydrogens (tertiary/aromatic N) is 2. The number of hydrogen-bond donors (Lipinski definition) is 4. The van der Waals surface area contributed by atoms with E-state index < -0.39 is 6.09 Å². The lowest BCUT2D eigenvalue weighted by molar-refractivity contribution is -0.118. The number of H-pyrrole nitrogens is 1. The van der Waals surface area contributed by atoms with E-state index in [4.69, 9.17) is 16.7 Å². The summed E-state index contributed by atoms with van der Waals surface area (Å²) >= 11 is 6.45. The molecular formula is C17H22ClN5O3. The Labute approximate surface area is 155 Å². The van der Waals surface area contributed by atoms with Gasteiger partial charge in [0, 0.05) is 31.2 Å². The standard InChI is InChI=1S/C17H22ClN5O3/c1-9(2)16(24)22-12-7-20-15-13(12)14(11(18)6-19-15)23-5-3-4-10(8-23)21-17(25)26/h6-7,9-10,21H,3-5,8H2,1-2H3,(H,19,20)(H,22,24)(H,25,26)/t10-/m1/s1. The minimum Gasteiger partial charge on any atom is -0.465 e. The molecule has 0 saturated carbocycles. The first-order valence-electron chi connectivity index (χ1n) is 8.57. The molecule has 2 amide bonds. The van der Waals surface area contributed by atoms with Gasteiger partial charge in [0.25, 0.3) is 0 Å². The molecular weight excluding hydrogens is 358 g/mol. The van der Waals surface area contributed by atoms with Crippen LogP contribution in [0.5, 0.6) is 0 Å². The second kappa shape index (κ2) is 7.41. The molecule has 0 spiro atoms. The highest BCUT2D eigenvalue weighted by Gasteiger charge is 2.26. The largest absolute Gasteiger partial charge is 0.465 e. The second-order valence-corrected chi connectivity index (χ2v) is 7.17. The highest BCUT2D eigenvalue weighted by Crippen LogP contribution is 2.38.